The van der Waals surface area contributed by atoms with Crippen molar-refractivity contribution in [1.82, 2.24) is 10.2 Å². The molecule has 172 valence electrons. The fourth-order valence-electron chi connectivity index (χ4n) is 9.07. The highest BCUT2D eigenvalue weighted by molar-refractivity contribution is 5.47. The van der Waals surface area contributed by atoms with E-state index in [1.165, 1.54) is 38.5 Å². The maximum absolute atomic E-state index is 11.2. The van der Waals surface area contributed by atoms with Gasteiger partial charge in [-0.15, -0.1) is 0 Å². The molecule has 8 atom stereocenters. The van der Waals surface area contributed by atoms with Crippen LogP contribution < -0.4 is 5.32 Å². The lowest BCUT2D eigenvalue weighted by molar-refractivity contribution is -0.143. The number of nitrogens with one attached hydrogen (secondary N) is 1. The van der Waals surface area contributed by atoms with Gasteiger partial charge in [0.05, 0.1) is 13.3 Å². The van der Waals surface area contributed by atoms with Gasteiger partial charge in [0.15, 0.2) is 0 Å². The minimum Gasteiger partial charge on any atom is -0.365 e. The summed E-state index contributed by atoms with van der Waals surface area (Å²) in [5.74, 6) is 1.84. The molecule has 1 heterocycles. The van der Waals surface area contributed by atoms with Crippen LogP contribution in [-0.2, 0) is 9.53 Å². The summed E-state index contributed by atoms with van der Waals surface area (Å²) in [5, 5.41) is 3.10. The lowest BCUT2D eigenvalue weighted by Crippen LogP contribution is -2.58. The summed E-state index contributed by atoms with van der Waals surface area (Å²) in [7, 11) is 2.25. The van der Waals surface area contributed by atoms with Gasteiger partial charge >= 0.3 is 0 Å². The summed E-state index contributed by atoms with van der Waals surface area (Å²) in [5.41, 5.74) is 4.12. The Labute approximate surface area is 188 Å². The standard InChI is InChI=1S/C27H42N2O2/c1-18(28-16-30)21-11-13-27(4)23-8-7-22-19(14-20(23)10-12-26(21,27)3)6-9-24-25(22,2)15-31-17-29(24)5/h10,14,16,18,21-24H,6-9,11-13,15,17H2,1-5H3,(H,28,30). The number of amides is 1. The van der Waals surface area contributed by atoms with Gasteiger partial charge in [-0.1, -0.05) is 38.5 Å². The number of ether oxygens (including phenoxy) is 1. The molecule has 1 amide bonds. The van der Waals surface area contributed by atoms with Crippen molar-refractivity contribution >= 4 is 6.41 Å². The minimum absolute atomic E-state index is 0.232. The predicted molar refractivity (Wildman–Crippen MR) is 124 cm³/mol. The van der Waals surface area contributed by atoms with E-state index in [4.69, 9.17) is 4.74 Å². The smallest absolute Gasteiger partial charge is 0.207 e. The largest absolute Gasteiger partial charge is 0.365 e. The number of carbonyl (C=O) groups is 1. The Morgan fingerprint density at radius 1 is 1.16 bits per heavy atom. The summed E-state index contributed by atoms with van der Waals surface area (Å²) in [6, 6.07) is 0.894. The first-order valence-corrected chi connectivity index (χ1v) is 12.6. The van der Waals surface area contributed by atoms with Crippen molar-refractivity contribution in [1.29, 1.82) is 0 Å². The molecule has 4 nitrogen and oxygen atoms in total. The molecule has 0 spiro atoms. The van der Waals surface area contributed by atoms with E-state index in [9.17, 15) is 4.79 Å². The van der Waals surface area contributed by atoms with Crippen LogP contribution in [0.25, 0.3) is 0 Å². The quantitative estimate of drug-likeness (QED) is 0.652. The molecule has 1 N–H and O–H groups in total. The third kappa shape index (κ3) is 2.96. The highest BCUT2D eigenvalue weighted by Crippen LogP contribution is 2.68. The summed E-state index contributed by atoms with van der Waals surface area (Å²) in [6.07, 6.45) is 14.9. The van der Waals surface area contributed by atoms with E-state index in [2.05, 4.69) is 57.1 Å². The Balaban J connectivity index is 1.47. The molecule has 1 aliphatic heterocycles. The van der Waals surface area contributed by atoms with Gasteiger partial charge in [-0.3, -0.25) is 9.69 Å². The molecule has 0 radical (unpaired) electrons. The predicted octanol–water partition coefficient (Wildman–Crippen LogP) is 4.91. The van der Waals surface area contributed by atoms with Crippen LogP contribution in [0.4, 0.5) is 0 Å². The van der Waals surface area contributed by atoms with Crippen molar-refractivity contribution in [2.75, 3.05) is 20.4 Å². The summed E-state index contributed by atoms with van der Waals surface area (Å²) < 4.78 is 6.08. The maximum atomic E-state index is 11.2. The Morgan fingerprint density at radius 2 is 1.94 bits per heavy atom. The van der Waals surface area contributed by atoms with Crippen LogP contribution in [0.2, 0.25) is 0 Å². The van der Waals surface area contributed by atoms with E-state index < -0.39 is 0 Å². The molecule has 0 bridgehead atoms. The second kappa shape index (κ2) is 7.45. The monoisotopic (exact) mass is 426 g/mol. The lowest BCUT2D eigenvalue weighted by Gasteiger charge is -2.54. The molecule has 4 aliphatic carbocycles. The fourth-order valence-corrected chi connectivity index (χ4v) is 9.07. The van der Waals surface area contributed by atoms with Crippen LogP contribution in [0.5, 0.6) is 0 Å². The fraction of sp³-hybridized carbons (Fsp3) is 0.815. The Hall–Kier alpha value is -1.13. The third-order valence-electron chi connectivity index (χ3n) is 11.0. The third-order valence-corrected chi connectivity index (χ3v) is 11.0. The molecule has 2 saturated carbocycles. The van der Waals surface area contributed by atoms with Gasteiger partial charge in [0.25, 0.3) is 0 Å². The molecule has 31 heavy (non-hydrogen) atoms. The van der Waals surface area contributed by atoms with Gasteiger partial charge in [-0.2, -0.15) is 0 Å². The molecule has 4 heteroatoms. The minimum atomic E-state index is 0.232. The average Bonchev–Trinajstić information content (AvgIpc) is 2.87. The number of allylic oxidation sites excluding steroid dienone is 4. The van der Waals surface area contributed by atoms with E-state index in [0.717, 1.165) is 26.2 Å². The molecule has 3 fully saturated rings. The van der Waals surface area contributed by atoms with E-state index >= 15 is 0 Å². The topological polar surface area (TPSA) is 41.6 Å². The van der Waals surface area contributed by atoms with Crippen LogP contribution in [0, 0.1) is 34.0 Å². The molecule has 5 aliphatic rings. The lowest BCUT2D eigenvalue weighted by atomic mass is 9.51. The molecule has 5 rings (SSSR count). The zero-order valence-electron chi connectivity index (χ0n) is 20.2. The number of carbonyl (C=O) groups excluding carboxylic acids is 1. The molecule has 0 aromatic carbocycles. The average molecular weight is 427 g/mol. The van der Waals surface area contributed by atoms with E-state index in [1.807, 2.05) is 0 Å². The molecule has 0 aromatic rings. The van der Waals surface area contributed by atoms with Crippen molar-refractivity contribution in [2.45, 2.75) is 84.7 Å². The zero-order chi connectivity index (χ0) is 22.0. The van der Waals surface area contributed by atoms with E-state index in [1.54, 1.807) is 11.1 Å². The van der Waals surface area contributed by atoms with Crippen LogP contribution in [0.3, 0.4) is 0 Å². The first kappa shape index (κ1) is 21.7. The summed E-state index contributed by atoms with van der Waals surface area (Å²) >= 11 is 0. The van der Waals surface area contributed by atoms with Crippen LogP contribution >= 0.6 is 0 Å². The van der Waals surface area contributed by atoms with Gasteiger partial charge in [-0.05, 0) is 93.1 Å². The van der Waals surface area contributed by atoms with Gasteiger partial charge in [0.2, 0.25) is 6.41 Å². The second-order valence-electron chi connectivity index (χ2n) is 12.2. The van der Waals surface area contributed by atoms with E-state index in [0.29, 0.717) is 29.2 Å². The van der Waals surface area contributed by atoms with Crippen LogP contribution in [0.1, 0.15) is 72.6 Å². The summed E-state index contributed by atoms with van der Waals surface area (Å²) in [6.45, 7) is 11.5. The van der Waals surface area contributed by atoms with Gasteiger partial charge < -0.3 is 10.1 Å². The van der Waals surface area contributed by atoms with E-state index in [-0.39, 0.29) is 16.9 Å². The molecular weight excluding hydrogens is 384 g/mol. The van der Waals surface area contributed by atoms with Gasteiger partial charge in [0, 0.05) is 17.5 Å². The molecular formula is C27H42N2O2. The maximum Gasteiger partial charge on any atom is 0.207 e. The van der Waals surface area contributed by atoms with Gasteiger partial charge in [-0.25, -0.2) is 0 Å². The number of hydrogen-bond donors (Lipinski definition) is 1. The normalized spacial score (nSPS) is 48.2. The van der Waals surface area contributed by atoms with Crippen molar-refractivity contribution in [3.63, 3.8) is 0 Å². The first-order chi connectivity index (χ1) is 14.7. The number of rotatable bonds is 3. The van der Waals surface area contributed by atoms with Crippen molar-refractivity contribution in [3.8, 4) is 0 Å². The molecule has 8 unspecified atom stereocenters. The SMILES string of the molecule is CC(NC=O)C1CCC2(C)C3CCC4C(=CC3=CCC12C)CCC1N(C)COCC41C. The highest BCUT2D eigenvalue weighted by atomic mass is 16.5. The Kier molecular flexibility index (Phi) is 5.21. The van der Waals surface area contributed by atoms with Crippen molar-refractivity contribution in [3.05, 3.63) is 23.3 Å². The number of fused-ring (bicyclic) bond motifs is 6. The second-order valence-corrected chi connectivity index (χ2v) is 12.2. The van der Waals surface area contributed by atoms with Crippen molar-refractivity contribution in [2.24, 2.45) is 34.0 Å². The number of nitrogens with zero attached hydrogens (tertiary/aromatic N) is 1. The summed E-state index contributed by atoms with van der Waals surface area (Å²) in [4.78, 5) is 13.6. The Morgan fingerprint density at radius 3 is 2.71 bits per heavy atom. The number of hydrogen-bond acceptors (Lipinski definition) is 3. The van der Waals surface area contributed by atoms with Crippen LogP contribution in [-0.4, -0.2) is 43.8 Å². The Bertz CT molecular complexity index is 805. The first-order valence-electron chi connectivity index (χ1n) is 12.6. The molecule has 0 aromatic heterocycles. The van der Waals surface area contributed by atoms with Crippen molar-refractivity contribution < 1.29 is 9.53 Å². The van der Waals surface area contributed by atoms with Gasteiger partial charge in [0.1, 0.15) is 0 Å². The molecule has 1 saturated heterocycles. The zero-order valence-corrected chi connectivity index (χ0v) is 20.2. The van der Waals surface area contributed by atoms with Crippen LogP contribution in [0.15, 0.2) is 23.3 Å². The highest BCUT2D eigenvalue weighted by Gasteiger charge is 2.61.